The number of rotatable bonds is 1. The number of para-hydroxylation sites is 3. The van der Waals surface area contributed by atoms with E-state index >= 15 is 0 Å². The van der Waals surface area contributed by atoms with Crippen molar-refractivity contribution in [2.24, 2.45) is 0 Å². The Morgan fingerprint density at radius 3 is 1.96 bits per heavy atom. The van der Waals surface area contributed by atoms with Crippen molar-refractivity contribution in [2.45, 2.75) is 5.92 Å². The van der Waals surface area contributed by atoms with E-state index in [4.69, 9.17) is 0 Å². The molecule has 46 heavy (non-hydrogen) atoms. The molecule has 0 N–H and O–H groups in total. The molecule has 2 aliphatic heterocycles. The van der Waals surface area contributed by atoms with Gasteiger partial charge in [0.05, 0.1) is 11.0 Å². The van der Waals surface area contributed by atoms with Gasteiger partial charge in [-0.15, -0.1) is 0 Å². The van der Waals surface area contributed by atoms with Crippen molar-refractivity contribution in [3.05, 3.63) is 162 Å². The van der Waals surface area contributed by atoms with Gasteiger partial charge in [-0.25, -0.2) is 0 Å². The minimum Gasteiger partial charge on any atom is -0.375 e. The third-order valence-electron chi connectivity index (χ3n) is 11.2. The molecule has 4 heterocycles. The van der Waals surface area contributed by atoms with Crippen molar-refractivity contribution in [1.82, 2.24) is 9.05 Å². The number of fused-ring (bicyclic) bond motifs is 13. The van der Waals surface area contributed by atoms with E-state index in [1.807, 2.05) is 0 Å². The average Bonchev–Trinajstić information content (AvgIpc) is 3.75. The Kier molecular flexibility index (Phi) is 4.14. The average molecular weight is 580 g/mol. The summed E-state index contributed by atoms with van der Waals surface area (Å²) in [6.07, 6.45) is 0. The van der Waals surface area contributed by atoms with E-state index in [9.17, 15) is 0 Å². The van der Waals surface area contributed by atoms with Crippen LogP contribution in [0.3, 0.4) is 0 Å². The van der Waals surface area contributed by atoms with Crippen LogP contribution in [0.2, 0.25) is 0 Å². The summed E-state index contributed by atoms with van der Waals surface area (Å²) in [7, 11) is 0. The number of nitrogens with zero attached hydrogens (tertiary/aromatic N) is 2. The van der Waals surface area contributed by atoms with Gasteiger partial charge in [-0.2, -0.15) is 0 Å². The second-order valence-electron chi connectivity index (χ2n) is 13.2. The van der Waals surface area contributed by atoms with Gasteiger partial charge in [0.1, 0.15) is 0 Å². The lowest BCUT2D eigenvalue weighted by Gasteiger charge is -2.33. The summed E-state index contributed by atoms with van der Waals surface area (Å²) in [5.74, 6) is 0.228. The van der Waals surface area contributed by atoms with Gasteiger partial charge in [0.25, 0.3) is 0 Å². The lowest BCUT2D eigenvalue weighted by atomic mass is 9.45. The second-order valence-corrected chi connectivity index (χ2v) is 13.2. The predicted molar refractivity (Wildman–Crippen MR) is 192 cm³/mol. The number of benzene rings is 7. The first-order chi connectivity index (χ1) is 22.9. The molecule has 0 amide bonds. The van der Waals surface area contributed by atoms with Crippen molar-refractivity contribution in [1.29, 1.82) is 0 Å². The highest BCUT2D eigenvalue weighted by molar-refractivity contribution is 6.90. The summed E-state index contributed by atoms with van der Waals surface area (Å²) in [6, 6.07) is 54.9. The van der Waals surface area contributed by atoms with Crippen LogP contribution >= 0.6 is 0 Å². The Morgan fingerprint density at radius 2 is 1.11 bits per heavy atom. The minimum atomic E-state index is 0.0976. The molecule has 210 valence electrons. The quantitative estimate of drug-likeness (QED) is 0.172. The van der Waals surface area contributed by atoms with Gasteiger partial charge >= 0.3 is 6.85 Å². The van der Waals surface area contributed by atoms with Crippen LogP contribution in [-0.4, -0.2) is 15.9 Å². The van der Waals surface area contributed by atoms with Crippen LogP contribution in [0.5, 0.6) is 0 Å². The zero-order valence-corrected chi connectivity index (χ0v) is 24.9. The number of hydrogen-bond acceptors (Lipinski definition) is 0. The van der Waals surface area contributed by atoms with Crippen LogP contribution in [0.1, 0.15) is 22.6 Å². The molecule has 0 unspecified atom stereocenters. The number of hydrogen-bond donors (Lipinski definition) is 0. The molecule has 0 bridgehead atoms. The van der Waals surface area contributed by atoms with E-state index < -0.39 is 0 Å². The Hall–Kier alpha value is -5.80. The van der Waals surface area contributed by atoms with Gasteiger partial charge in [-0.3, -0.25) is 0 Å². The maximum Gasteiger partial charge on any atom is 0.333 e. The van der Waals surface area contributed by atoms with Crippen LogP contribution in [0.25, 0.3) is 71.6 Å². The molecule has 0 spiro atoms. The fourth-order valence-electron chi connectivity index (χ4n) is 9.51. The molecule has 2 nitrogen and oxygen atoms in total. The molecule has 0 fully saturated rings. The second kappa shape index (κ2) is 8.07. The molecule has 0 saturated heterocycles. The first-order valence-electron chi connectivity index (χ1n) is 16.3. The highest BCUT2D eigenvalue weighted by Crippen LogP contribution is 2.49. The fourth-order valence-corrected chi connectivity index (χ4v) is 9.51. The Labute approximate surface area is 265 Å². The van der Waals surface area contributed by atoms with Crippen LogP contribution in [0, 0.1) is 0 Å². The van der Waals surface area contributed by atoms with Crippen molar-refractivity contribution >= 4 is 61.4 Å². The zero-order valence-electron chi connectivity index (χ0n) is 24.9. The van der Waals surface area contributed by atoms with Crippen molar-refractivity contribution in [2.75, 3.05) is 0 Å². The number of aromatic nitrogens is 2. The summed E-state index contributed by atoms with van der Waals surface area (Å²) in [5, 5.41) is 5.32. The lowest BCUT2D eigenvalue weighted by molar-refractivity contribution is 1.02. The third kappa shape index (κ3) is 2.62. The molecule has 9 aromatic rings. The molecule has 2 aromatic heterocycles. The summed E-state index contributed by atoms with van der Waals surface area (Å²) in [6.45, 7) is 0.0976. The van der Waals surface area contributed by atoms with Gasteiger partial charge < -0.3 is 9.05 Å². The maximum atomic E-state index is 2.67. The lowest BCUT2D eigenvalue weighted by Crippen LogP contribution is -2.55. The van der Waals surface area contributed by atoms with Gasteiger partial charge in [0, 0.05) is 49.7 Å². The topological polar surface area (TPSA) is 9.86 Å². The van der Waals surface area contributed by atoms with Crippen molar-refractivity contribution in [3.63, 3.8) is 0 Å². The highest BCUT2D eigenvalue weighted by Gasteiger charge is 2.41. The molecular weight excluding hydrogens is 555 g/mol. The molecule has 3 heteroatoms. The molecule has 0 radical (unpaired) electrons. The van der Waals surface area contributed by atoms with E-state index in [1.54, 1.807) is 0 Å². The van der Waals surface area contributed by atoms with Crippen LogP contribution in [-0.2, 0) is 0 Å². The summed E-state index contributed by atoms with van der Waals surface area (Å²) in [5.41, 5.74) is 18.9. The molecule has 0 atom stereocenters. The van der Waals surface area contributed by atoms with Crippen molar-refractivity contribution in [3.8, 4) is 27.9 Å². The largest absolute Gasteiger partial charge is 0.375 e. The van der Waals surface area contributed by atoms with E-state index in [1.165, 1.54) is 99.2 Å². The van der Waals surface area contributed by atoms with Crippen LogP contribution in [0.15, 0.2) is 146 Å². The Balaban J connectivity index is 1.19. The molecule has 7 aromatic carbocycles. The van der Waals surface area contributed by atoms with E-state index in [0.29, 0.717) is 0 Å². The molecular formula is C43H25BN2. The molecule has 1 aliphatic carbocycles. The summed E-state index contributed by atoms with van der Waals surface area (Å²) in [4.78, 5) is 0. The van der Waals surface area contributed by atoms with Crippen LogP contribution < -0.4 is 10.9 Å². The van der Waals surface area contributed by atoms with Gasteiger partial charge in [-0.05, 0) is 68.6 Å². The molecule has 12 rings (SSSR count). The molecule has 3 aliphatic rings. The van der Waals surface area contributed by atoms with Gasteiger partial charge in [0.15, 0.2) is 0 Å². The zero-order chi connectivity index (χ0) is 29.7. The summed E-state index contributed by atoms with van der Waals surface area (Å²) >= 11 is 0. The summed E-state index contributed by atoms with van der Waals surface area (Å²) < 4.78 is 5.20. The standard InChI is InChI=1S/C43H25BN2/c1-3-13-29-26(10-1)27-11-2-4-14-30(27)40(29)25-22-23-38-35(24-25)34-17-7-16-33-31-15-9-21-39-41(31)44(46(38)42(33)34)36-19-8-18-32-28-12-5-6-20-37(28)45(39)43(32)36/h1-24,40H. The highest BCUT2D eigenvalue weighted by atomic mass is 15.0. The Morgan fingerprint density at radius 1 is 0.457 bits per heavy atom. The van der Waals surface area contributed by atoms with Gasteiger partial charge in [0.2, 0.25) is 0 Å². The Bertz CT molecular complexity index is 2790. The minimum absolute atomic E-state index is 0.0976. The predicted octanol–water partition coefficient (Wildman–Crippen LogP) is 9.00. The van der Waals surface area contributed by atoms with E-state index in [0.717, 1.165) is 0 Å². The van der Waals surface area contributed by atoms with Gasteiger partial charge in [-0.1, -0.05) is 121 Å². The third-order valence-corrected chi connectivity index (χ3v) is 11.2. The monoisotopic (exact) mass is 580 g/mol. The van der Waals surface area contributed by atoms with E-state index in [2.05, 4.69) is 155 Å². The van der Waals surface area contributed by atoms with Crippen molar-refractivity contribution < 1.29 is 0 Å². The first kappa shape index (κ1) is 23.6. The normalized spacial score (nSPS) is 14.0. The maximum absolute atomic E-state index is 2.67. The van der Waals surface area contributed by atoms with Crippen LogP contribution in [0.4, 0.5) is 0 Å². The fraction of sp³-hybridized carbons (Fsp3) is 0.0233. The first-order valence-corrected chi connectivity index (χ1v) is 16.3. The smallest absolute Gasteiger partial charge is 0.333 e. The SMILES string of the molecule is c1ccc2c(c1)-c1ccccc1C2c1ccc2c(c1)c1cccc3c1n2B1c2c-3cccc2-n2c3ccccc3c3cccc1c32. The molecule has 0 saturated carbocycles. The van der Waals surface area contributed by atoms with E-state index in [-0.39, 0.29) is 12.8 Å².